The molecule has 0 atom stereocenters. The predicted molar refractivity (Wildman–Crippen MR) is 53.5 cm³/mol. The zero-order valence-electron chi connectivity index (χ0n) is 5.38. The third-order valence-corrected chi connectivity index (χ3v) is 2.10. The highest BCUT2D eigenvalue weighted by atomic mass is 127. The Morgan fingerprint density at radius 1 is 1.55 bits per heavy atom. The molecule has 0 bridgehead atoms. The molecule has 0 fully saturated rings. The van der Waals surface area contributed by atoms with Crippen molar-refractivity contribution in [3.8, 4) is 0 Å². The van der Waals surface area contributed by atoms with Gasteiger partial charge in [-0.05, 0) is 40.8 Å². The van der Waals surface area contributed by atoms with Gasteiger partial charge >= 0.3 is 5.97 Å². The standard InChI is InChI=1S/C7H4BrIO2/c8-11-7(10)5-2-1-3-6(9)4-5/h1-4H. The molecule has 0 saturated carbocycles. The van der Waals surface area contributed by atoms with Crippen molar-refractivity contribution in [3.63, 3.8) is 0 Å². The fraction of sp³-hybridized carbons (Fsp3) is 0. The van der Waals surface area contributed by atoms with E-state index in [1.54, 1.807) is 18.2 Å². The summed E-state index contributed by atoms with van der Waals surface area (Å²) in [6.45, 7) is 0. The zero-order chi connectivity index (χ0) is 8.27. The quantitative estimate of drug-likeness (QED) is 0.742. The van der Waals surface area contributed by atoms with E-state index in [4.69, 9.17) is 0 Å². The minimum atomic E-state index is -0.372. The fourth-order valence-electron chi connectivity index (χ4n) is 0.660. The summed E-state index contributed by atoms with van der Waals surface area (Å²) in [6, 6.07) is 7.17. The van der Waals surface area contributed by atoms with Crippen molar-refractivity contribution in [3.05, 3.63) is 33.4 Å². The molecule has 0 amide bonds. The largest absolute Gasteiger partial charge is 0.380 e. The van der Waals surface area contributed by atoms with Crippen molar-refractivity contribution < 1.29 is 8.62 Å². The van der Waals surface area contributed by atoms with Crippen molar-refractivity contribution in [2.45, 2.75) is 0 Å². The molecule has 0 N–H and O–H groups in total. The first-order chi connectivity index (χ1) is 5.24. The monoisotopic (exact) mass is 326 g/mol. The SMILES string of the molecule is O=C(OBr)c1cccc(I)c1. The number of rotatable bonds is 1. The maximum atomic E-state index is 10.9. The van der Waals surface area contributed by atoms with E-state index < -0.39 is 0 Å². The van der Waals surface area contributed by atoms with Crippen molar-refractivity contribution >= 4 is 44.8 Å². The van der Waals surface area contributed by atoms with Crippen LogP contribution in [-0.2, 0) is 3.83 Å². The van der Waals surface area contributed by atoms with E-state index in [9.17, 15) is 4.79 Å². The first-order valence-electron chi connectivity index (χ1n) is 2.82. The minimum Gasteiger partial charge on any atom is -0.380 e. The lowest BCUT2D eigenvalue weighted by Crippen LogP contribution is -1.96. The van der Waals surface area contributed by atoms with Crippen molar-refractivity contribution in [2.24, 2.45) is 0 Å². The van der Waals surface area contributed by atoms with Gasteiger partial charge in [0.25, 0.3) is 0 Å². The van der Waals surface area contributed by atoms with Crippen molar-refractivity contribution in [1.29, 1.82) is 0 Å². The van der Waals surface area contributed by atoms with Crippen LogP contribution in [0.1, 0.15) is 10.4 Å². The number of benzene rings is 1. The molecular formula is C7H4BrIO2. The van der Waals surface area contributed by atoms with Crippen LogP contribution in [0.2, 0.25) is 0 Å². The maximum Gasteiger partial charge on any atom is 0.349 e. The second-order valence-corrected chi connectivity index (χ2v) is 3.44. The average Bonchev–Trinajstić information content (AvgIpc) is 2.03. The molecule has 0 aliphatic heterocycles. The molecule has 2 nitrogen and oxygen atoms in total. The topological polar surface area (TPSA) is 26.3 Å². The molecule has 0 heterocycles. The molecule has 0 spiro atoms. The molecule has 11 heavy (non-hydrogen) atoms. The third-order valence-electron chi connectivity index (χ3n) is 1.13. The molecule has 0 aromatic heterocycles. The van der Waals surface area contributed by atoms with E-state index in [2.05, 4.69) is 42.7 Å². The number of hydrogen-bond donors (Lipinski definition) is 0. The summed E-state index contributed by atoms with van der Waals surface area (Å²) in [4.78, 5) is 10.9. The first-order valence-corrected chi connectivity index (χ1v) is 4.55. The molecule has 58 valence electrons. The van der Waals surface area contributed by atoms with Gasteiger partial charge in [0.1, 0.15) is 0 Å². The molecule has 0 aliphatic rings. The molecule has 0 aliphatic carbocycles. The summed E-state index contributed by atoms with van der Waals surface area (Å²) in [5, 5.41) is 0. The Morgan fingerprint density at radius 3 is 2.82 bits per heavy atom. The van der Waals surface area contributed by atoms with Crippen LogP contribution in [0.4, 0.5) is 0 Å². The Kier molecular flexibility index (Phi) is 3.32. The van der Waals surface area contributed by atoms with Gasteiger partial charge in [-0.3, -0.25) is 0 Å². The molecule has 4 heteroatoms. The van der Waals surface area contributed by atoms with Gasteiger partial charge in [-0.25, -0.2) is 4.79 Å². The van der Waals surface area contributed by atoms with E-state index in [0.29, 0.717) is 5.56 Å². The smallest absolute Gasteiger partial charge is 0.349 e. The van der Waals surface area contributed by atoms with Gasteiger partial charge < -0.3 is 3.83 Å². The highest BCUT2D eigenvalue weighted by Gasteiger charge is 2.04. The molecule has 1 aromatic carbocycles. The average molecular weight is 327 g/mol. The Balaban J connectivity index is 2.96. The summed E-state index contributed by atoms with van der Waals surface area (Å²) in [7, 11) is 0. The highest BCUT2D eigenvalue weighted by Crippen LogP contribution is 2.09. The highest BCUT2D eigenvalue weighted by molar-refractivity contribution is 14.1. The third kappa shape index (κ3) is 2.44. The Hall–Kier alpha value is -0.100. The van der Waals surface area contributed by atoms with Gasteiger partial charge in [-0.2, -0.15) is 0 Å². The van der Waals surface area contributed by atoms with E-state index in [0.717, 1.165) is 3.57 Å². The zero-order valence-corrected chi connectivity index (χ0v) is 9.13. The van der Waals surface area contributed by atoms with Crippen LogP contribution in [0.15, 0.2) is 24.3 Å². The molecule has 0 radical (unpaired) electrons. The molecule has 1 aromatic rings. The minimum absolute atomic E-state index is 0.372. The summed E-state index contributed by atoms with van der Waals surface area (Å²) >= 11 is 4.76. The molecule has 0 saturated heterocycles. The Bertz CT molecular complexity index is 275. The summed E-state index contributed by atoms with van der Waals surface area (Å²) < 4.78 is 5.37. The summed E-state index contributed by atoms with van der Waals surface area (Å²) in [5.41, 5.74) is 0.550. The number of carbonyl (C=O) groups excluding carboxylic acids is 1. The lowest BCUT2D eigenvalue weighted by molar-refractivity contribution is 0.0782. The second-order valence-electron chi connectivity index (χ2n) is 1.87. The van der Waals surface area contributed by atoms with E-state index in [1.807, 2.05) is 6.07 Å². The summed E-state index contributed by atoms with van der Waals surface area (Å²) in [6.07, 6.45) is 0. The first kappa shape index (κ1) is 8.99. The maximum absolute atomic E-state index is 10.9. The molecule has 1 rings (SSSR count). The Morgan fingerprint density at radius 2 is 2.27 bits per heavy atom. The van der Waals surface area contributed by atoms with Gasteiger partial charge in [0.2, 0.25) is 0 Å². The van der Waals surface area contributed by atoms with Gasteiger partial charge in [-0.15, -0.1) is 0 Å². The van der Waals surface area contributed by atoms with Crippen LogP contribution in [0.5, 0.6) is 0 Å². The van der Waals surface area contributed by atoms with E-state index in [-0.39, 0.29) is 5.97 Å². The number of halogens is 2. The number of hydrogen-bond acceptors (Lipinski definition) is 2. The fourth-order valence-corrected chi connectivity index (χ4v) is 1.39. The van der Waals surface area contributed by atoms with Gasteiger partial charge in [0.15, 0.2) is 16.3 Å². The van der Waals surface area contributed by atoms with Crippen LogP contribution in [0.25, 0.3) is 0 Å². The molecular weight excluding hydrogens is 323 g/mol. The predicted octanol–water partition coefficient (Wildman–Crippen LogP) is 2.76. The normalized spacial score (nSPS) is 9.27. The van der Waals surface area contributed by atoms with Crippen molar-refractivity contribution in [2.75, 3.05) is 0 Å². The second kappa shape index (κ2) is 4.06. The van der Waals surface area contributed by atoms with Crippen LogP contribution in [0, 0.1) is 3.57 Å². The number of carbonyl (C=O) groups is 1. The van der Waals surface area contributed by atoms with Crippen LogP contribution in [0.3, 0.4) is 0 Å². The lowest BCUT2D eigenvalue weighted by Gasteiger charge is -1.95. The van der Waals surface area contributed by atoms with E-state index in [1.165, 1.54) is 0 Å². The van der Waals surface area contributed by atoms with Crippen molar-refractivity contribution in [1.82, 2.24) is 0 Å². The molecule has 0 unspecified atom stereocenters. The Labute approximate surface area is 86.5 Å². The van der Waals surface area contributed by atoms with Crippen LogP contribution in [-0.4, -0.2) is 5.97 Å². The van der Waals surface area contributed by atoms with Gasteiger partial charge in [0.05, 0.1) is 5.56 Å². The van der Waals surface area contributed by atoms with Gasteiger partial charge in [-0.1, -0.05) is 6.07 Å². The van der Waals surface area contributed by atoms with Crippen LogP contribution < -0.4 is 0 Å². The van der Waals surface area contributed by atoms with Gasteiger partial charge in [0, 0.05) is 3.57 Å². The lowest BCUT2D eigenvalue weighted by atomic mass is 10.2. The van der Waals surface area contributed by atoms with E-state index >= 15 is 0 Å². The van der Waals surface area contributed by atoms with Crippen LogP contribution >= 0.6 is 38.8 Å². The summed E-state index contributed by atoms with van der Waals surface area (Å²) in [5.74, 6) is -0.372.